The number of fused-ring (bicyclic) bond motifs is 2. The lowest BCUT2D eigenvalue weighted by atomic mass is 9.93. The van der Waals surface area contributed by atoms with E-state index in [0.29, 0.717) is 35.8 Å². The molecule has 30 heavy (non-hydrogen) atoms. The molecule has 0 aromatic heterocycles. The van der Waals surface area contributed by atoms with Crippen molar-refractivity contribution in [3.8, 4) is 11.5 Å². The number of urea groups is 1. The van der Waals surface area contributed by atoms with Crippen molar-refractivity contribution in [3.63, 3.8) is 0 Å². The first-order valence-corrected chi connectivity index (χ1v) is 10.3. The smallest absolute Gasteiger partial charge is 0.325 e. The van der Waals surface area contributed by atoms with Crippen LogP contribution in [0.4, 0.5) is 4.79 Å². The number of nitrogens with one attached hydrogen (secondary N) is 2. The summed E-state index contributed by atoms with van der Waals surface area (Å²) >= 11 is 0. The molecular weight excluding hydrogens is 386 g/mol. The van der Waals surface area contributed by atoms with E-state index >= 15 is 0 Å². The van der Waals surface area contributed by atoms with E-state index in [1.54, 1.807) is 25.3 Å². The van der Waals surface area contributed by atoms with Crippen molar-refractivity contribution < 1.29 is 23.9 Å². The van der Waals surface area contributed by atoms with Crippen LogP contribution in [0.3, 0.4) is 0 Å². The highest BCUT2D eigenvalue weighted by Gasteiger charge is 2.40. The zero-order valence-corrected chi connectivity index (χ0v) is 17.2. The van der Waals surface area contributed by atoms with Crippen molar-refractivity contribution in [1.82, 2.24) is 15.5 Å². The van der Waals surface area contributed by atoms with E-state index in [4.69, 9.17) is 9.47 Å². The van der Waals surface area contributed by atoms with Gasteiger partial charge in [0.1, 0.15) is 6.04 Å². The van der Waals surface area contributed by atoms with Gasteiger partial charge >= 0.3 is 6.03 Å². The third-order valence-electron chi connectivity index (χ3n) is 6.26. The summed E-state index contributed by atoms with van der Waals surface area (Å²) in [5.74, 6) is 2.16. The minimum Gasteiger partial charge on any atom is -0.493 e. The van der Waals surface area contributed by atoms with Gasteiger partial charge in [-0.1, -0.05) is 18.2 Å². The summed E-state index contributed by atoms with van der Waals surface area (Å²) in [5, 5.41) is 5.56. The SMILES string of the molecule is COc1ccc(CN2C(=O)N[C@@H](CC(=O)NC[C@H]3C[C@@H]4C=C[C@H]3C4)C2=O)cc1OC. The lowest BCUT2D eigenvalue weighted by molar-refractivity contribution is -0.131. The van der Waals surface area contributed by atoms with Crippen molar-refractivity contribution in [1.29, 1.82) is 0 Å². The Kier molecular flexibility index (Phi) is 5.65. The first kappa shape index (κ1) is 20.3. The van der Waals surface area contributed by atoms with E-state index in [9.17, 15) is 14.4 Å². The maximum Gasteiger partial charge on any atom is 0.325 e. The number of carbonyl (C=O) groups excluding carboxylic acids is 3. The third kappa shape index (κ3) is 3.99. The Morgan fingerprint density at radius 3 is 2.63 bits per heavy atom. The highest BCUT2D eigenvalue weighted by atomic mass is 16.5. The fourth-order valence-corrected chi connectivity index (χ4v) is 4.66. The Labute approximate surface area is 175 Å². The molecule has 1 aromatic rings. The van der Waals surface area contributed by atoms with Crippen LogP contribution in [-0.4, -0.2) is 49.6 Å². The van der Waals surface area contributed by atoms with Crippen LogP contribution in [0.1, 0.15) is 24.8 Å². The van der Waals surface area contributed by atoms with Gasteiger partial charge in [-0.15, -0.1) is 0 Å². The maximum atomic E-state index is 12.7. The molecule has 2 N–H and O–H groups in total. The van der Waals surface area contributed by atoms with Crippen molar-refractivity contribution in [2.75, 3.05) is 20.8 Å². The maximum absolute atomic E-state index is 12.7. The molecule has 160 valence electrons. The van der Waals surface area contributed by atoms with Gasteiger partial charge in [0.25, 0.3) is 5.91 Å². The second kappa shape index (κ2) is 8.38. The molecule has 8 nitrogen and oxygen atoms in total. The molecule has 1 saturated heterocycles. The van der Waals surface area contributed by atoms with Gasteiger partial charge < -0.3 is 20.1 Å². The number of methoxy groups -OCH3 is 2. The van der Waals surface area contributed by atoms with Crippen molar-refractivity contribution in [2.24, 2.45) is 17.8 Å². The molecule has 3 aliphatic rings. The first-order chi connectivity index (χ1) is 14.5. The summed E-state index contributed by atoms with van der Waals surface area (Å²) < 4.78 is 10.5. The largest absolute Gasteiger partial charge is 0.493 e. The fraction of sp³-hybridized carbons (Fsp3) is 0.500. The molecule has 8 heteroatoms. The summed E-state index contributed by atoms with van der Waals surface area (Å²) in [6.07, 6.45) is 6.76. The second-order valence-electron chi connectivity index (χ2n) is 8.16. The minimum atomic E-state index is -0.836. The topological polar surface area (TPSA) is 97.0 Å². The van der Waals surface area contributed by atoms with E-state index in [-0.39, 0.29) is 18.9 Å². The lowest BCUT2D eigenvalue weighted by Gasteiger charge is -2.19. The summed E-state index contributed by atoms with van der Waals surface area (Å²) in [6.45, 7) is 0.717. The highest BCUT2D eigenvalue weighted by Crippen LogP contribution is 2.42. The normalized spacial score (nSPS) is 26.8. The minimum absolute atomic E-state index is 0.0519. The van der Waals surface area contributed by atoms with Gasteiger partial charge in [0.2, 0.25) is 5.91 Å². The number of benzene rings is 1. The Morgan fingerprint density at radius 1 is 1.17 bits per heavy atom. The van der Waals surface area contributed by atoms with E-state index in [1.165, 1.54) is 13.5 Å². The molecule has 2 aliphatic carbocycles. The Balaban J connectivity index is 1.31. The Bertz CT molecular complexity index is 884. The first-order valence-electron chi connectivity index (χ1n) is 10.3. The summed E-state index contributed by atoms with van der Waals surface area (Å²) in [7, 11) is 3.07. The molecule has 1 aliphatic heterocycles. The van der Waals surface area contributed by atoms with Crippen LogP contribution in [0.15, 0.2) is 30.4 Å². The molecule has 4 rings (SSSR count). The zero-order chi connectivity index (χ0) is 21.3. The summed E-state index contributed by atoms with van der Waals surface area (Å²) in [4.78, 5) is 38.5. The molecule has 0 unspecified atom stereocenters. The van der Waals surface area contributed by atoms with Gasteiger partial charge in [0.15, 0.2) is 11.5 Å². The summed E-state index contributed by atoms with van der Waals surface area (Å²) in [5.41, 5.74) is 0.727. The molecule has 4 amide bonds. The van der Waals surface area contributed by atoms with Gasteiger partial charge in [0, 0.05) is 6.54 Å². The van der Waals surface area contributed by atoms with Crippen molar-refractivity contribution in [3.05, 3.63) is 35.9 Å². The number of allylic oxidation sites excluding steroid dienone is 2. The standard InChI is InChI=1S/C22H27N3O5/c1-29-18-6-4-14(9-19(18)30-2)12-25-21(27)17(24-22(25)28)10-20(26)23-11-16-8-13-3-5-15(16)7-13/h3-6,9,13,15-17H,7-8,10-12H2,1-2H3,(H,23,26)(H,24,28)/t13-,15+,16-,17+/m1/s1. The van der Waals surface area contributed by atoms with E-state index in [2.05, 4.69) is 22.8 Å². The lowest BCUT2D eigenvalue weighted by Crippen LogP contribution is -2.38. The number of amides is 4. The van der Waals surface area contributed by atoms with Gasteiger partial charge in [-0.05, 0) is 48.3 Å². The number of imide groups is 1. The predicted molar refractivity (Wildman–Crippen MR) is 109 cm³/mol. The van der Waals surface area contributed by atoms with Crippen molar-refractivity contribution in [2.45, 2.75) is 31.8 Å². The van der Waals surface area contributed by atoms with Crippen LogP contribution in [-0.2, 0) is 16.1 Å². The average Bonchev–Trinajstić information content (AvgIpc) is 3.44. The molecule has 2 bridgehead atoms. The average molecular weight is 413 g/mol. The van der Waals surface area contributed by atoms with E-state index < -0.39 is 18.0 Å². The quantitative estimate of drug-likeness (QED) is 0.501. The molecule has 1 saturated carbocycles. The third-order valence-corrected chi connectivity index (χ3v) is 6.26. The molecule has 1 aromatic carbocycles. The van der Waals surface area contributed by atoms with Crippen LogP contribution in [0.2, 0.25) is 0 Å². The predicted octanol–water partition coefficient (Wildman–Crippen LogP) is 1.84. The Hall–Kier alpha value is -3.03. The van der Waals surface area contributed by atoms with Crippen LogP contribution in [0, 0.1) is 17.8 Å². The second-order valence-corrected chi connectivity index (χ2v) is 8.16. The molecule has 2 fully saturated rings. The summed E-state index contributed by atoms with van der Waals surface area (Å²) in [6, 6.07) is 3.89. The van der Waals surface area contributed by atoms with Crippen LogP contribution in [0.5, 0.6) is 11.5 Å². The number of rotatable bonds is 8. The van der Waals surface area contributed by atoms with Crippen LogP contribution < -0.4 is 20.1 Å². The molecule has 0 radical (unpaired) electrons. The van der Waals surface area contributed by atoms with Crippen LogP contribution >= 0.6 is 0 Å². The van der Waals surface area contributed by atoms with Gasteiger partial charge in [-0.3, -0.25) is 14.5 Å². The molecular formula is C22H27N3O5. The van der Waals surface area contributed by atoms with Gasteiger partial charge in [-0.25, -0.2) is 4.79 Å². The van der Waals surface area contributed by atoms with Crippen molar-refractivity contribution >= 4 is 17.8 Å². The van der Waals surface area contributed by atoms with E-state index in [1.807, 2.05) is 0 Å². The number of carbonyl (C=O) groups is 3. The fourth-order valence-electron chi connectivity index (χ4n) is 4.66. The zero-order valence-electron chi connectivity index (χ0n) is 17.2. The number of nitrogens with zero attached hydrogens (tertiary/aromatic N) is 1. The highest BCUT2D eigenvalue weighted by molar-refractivity contribution is 6.05. The Morgan fingerprint density at radius 2 is 1.97 bits per heavy atom. The molecule has 4 atom stereocenters. The van der Waals surface area contributed by atoms with Crippen LogP contribution in [0.25, 0.3) is 0 Å². The monoisotopic (exact) mass is 413 g/mol. The molecule has 0 spiro atoms. The number of hydrogen-bond donors (Lipinski definition) is 2. The van der Waals surface area contributed by atoms with E-state index in [0.717, 1.165) is 16.9 Å². The van der Waals surface area contributed by atoms with Gasteiger partial charge in [0.05, 0.1) is 27.2 Å². The molecule has 1 heterocycles. The number of hydrogen-bond acceptors (Lipinski definition) is 5. The number of ether oxygens (including phenoxy) is 2. The van der Waals surface area contributed by atoms with Gasteiger partial charge in [-0.2, -0.15) is 0 Å².